The van der Waals surface area contributed by atoms with Gasteiger partial charge in [-0.05, 0) is 50.3 Å². The molecule has 4 rings (SSSR count). The lowest BCUT2D eigenvalue weighted by atomic mass is 10.0. The van der Waals surface area contributed by atoms with Crippen LogP contribution in [0.4, 0.5) is 0 Å². The fourth-order valence-electron chi connectivity index (χ4n) is 3.35. The Morgan fingerprint density at radius 3 is 2.79 bits per heavy atom. The summed E-state index contributed by atoms with van der Waals surface area (Å²) in [5, 5.41) is 16.1. The Labute approximate surface area is 138 Å². The van der Waals surface area contributed by atoms with Gasteiger partial charge in [-0.1, -0.05) is 5.16 Å². The molecule has 0 radical (unpaired) electrons. The van der Waals surface area contributed by atoms with Gasteiger partial charge in [-0.2, -0.15) is 0 Å². The maximum absolute atomic E-state index is 11.2. The molecule has 2 aromatic heterocycles. The molecular formula is C18H19N3O3. The smallest absolute Gasteiger partial charge is 0.270 e. The zero-order valence-electron chi connectivity index (χ0n) is 13.6. The Hall–Kier alpha value is -2.76. The van der Waals surface area contributed by atoms with Crippen molar-refractivity contribution in [1.29, 1.82) is 0 Å². The van der Waals surface area contributed by atoms with Crippen molar-refractivity contribution in [1.82, 2.24) is 9.72 Å². The summed E-state index contributed by atoms with van der Waals surface area (Å²) in [5.74, 6) is 0.815. The third-order valence-electron chi connectivity index (χ3n) is 4.90. The Kier molecular flexibility index (Phi) is 3.16. The zero-order valence-corrected chi connectivity index (χ0v) is 13.6. The van der Waals surface area contributed by atoms with E-state index in [2.05, 4.69) is 12.1 Å². The van der Waals surface area contributed by atoms with Gasteiger partial charge in [0.05, 0.1) is 0 Å². The minimum absolute atomic E-state index is 0.102. The number of carbonyl (C=O) groups excluding carboxylic acids is 1. The van der Waals surface area contributed by atoms with Crippen LogP contribution in [0.1, 0.15) is 41.9 Å². The molecule has 0 aliphatic heterocycles. The van der Waals surface area contributed by atoms with Gasteiger partial charge in [0.2, 0.25) is 0 Å². The third-order valence-corrected chi connectivity index (χ3v) is 4.90. The van der Waals surface area contributed by atoms with Crippen LogP contribution >= 0.6 is 0 Å². The van der Waals surface area contributed by atoms with Crippen LogP contribution < -0.4 is 5.73 Å². The number of carbonyl (C=O) groups is 1. The highest BCUT2D eigenvalue weighted by molar-refractivity contribution is 5.95. The van der Waals surface area contributed by atoms with E-state index in [4.69, 9.17) is 10.3 Å². The molecule has 0 spiro atoms. The Bertz CT molecular complexity index is 950. The average Bonchev–Trinajstić information content (AvgIpc) is 3.16. The molecule has 3 aromatic rings. The van der Waals surface area contributed by atoms with Gasteiger partial charge < -0.3 is 19.9 Å². The summed E-state index contributed by atoms with van der Waals surface area (Å²) in [6.45, 7) is 4.09. The van der Waals surface area contributed by atoms with Crippen molar-refractivity contribution >= 4 is 16.7 Å². The van der Waals surface area contributed by atoms with Crippen LogP contribution in [-0.4, -0.2) is 20.7 Å². The van der Waals surface area contributed by atoms with E-state index in [1.807, 2.05) is 29.8 Å². The number of hydrogen-bond donors (Lipinski definition) is 2. The van der Waals surface area contributed by atoms with Crippen LogP contribution in [0.5, 0.6) is 5.88 Å². The molecule has 1 aliphatic rings. The first kappa shape index (κ1) is 14.8. The molecule has 24 heavy (non-hydrogen) atoms. The molecule has 2 heterocycles. The van der Waals surface area contributed by atoms with E-state index in [-0.39, 0.29) is 11.7 Å². The maximum atomic E-state index is 11.2. The van der Waals surface area contributed by atoms with Gasteiger partial charge >= 0.3 is 0 Å². The van der Waals surface area contributed by atoms with E-state index in [9.17, 15) is 9.90 Å². The number of hydrogen-bond acceptors (Lipinski definition) is 4. The molecule has 1 aliphatic carbocycles. The number of aromatic nitrogens is 2. The van der Waals surface area contributed by atoms with Crippen LogP contribution in [-0.2, 0) is 0 Å². The monoisotopic (exact) mass is 325 g/mol. The minimum Gasteiger partial charge on any atom is -0.494 e. The SMILES string of the molecule is Cc1cc(-c2cc(C(N)=O)no2)cc2cn([C@@H](C)C3CC3)c(O)c12. The van der Waals surface area contributed by atoms with E-state index in [1.54, 1.807) is 0 Å². The zero-order chi connectivity index (χ0) is 17.0. The molecule has 0 bridgehead atoms. The fraction of sp³-hybridized carbons (Fsp3) is 0.333. The van der Waals surface area contributed by atoms with Crippen LogP contribution in [0.3, 0.4) is 0 Å². The second kappa shape index (κ2) is 5.12. The lowest BCUT2D eigenvalue weighted by Crippen LogP contribution is -2.10. The van der Waals surface area contributed by atoms with Crippen molar-refractivity contribution in [3.05, 3.63) is 35.7 Å². The van der Waals surface area contributed by atoms with E-state index in [0.29, 0.717) is 17.6 Å². The van der Waals surface area contributed by atoms with Crippen molar-refractivity contribution in [3.8, 4) is 17.2 Å². The Morgan fingerprint density at radius 2 is 2.17 bits per heavy atom. The summed E-state index contributed by atoms with van der Waals surface area (Å²) < 4.78 is 7.18. The van der Waals surface area contributed by atoms with E-state index >= 15 is 0 Å². The standard InChI is InChI=1S/C18H19N3O3/c1-9-5-12(15-7-14(17(19)22)20-24-15)6-13-8-21(18(23)16(9)13)10(2)11-3-4-11/h5-8,10-11,23H,3-4H2,1-2H3,(H2,19,22)/t10-/m0/s1. The molecule has 1 amide bonds. The van der Waals surface area contributed by atoms with Crippen LogP contribution in [0, 0.1) is 12.8 Å². The second-order valence-corrected chi connectivity index (χ2v) is 6.64. The number of aromatic hydroxyl groups is 1. The first-order chi connectivity index (χ1) is 11.5. The summed E-state index contributed by atoms with van der Waals surface area (Å²) in [7, 11) is 0. The van der Waals surface area contributed by atoms with Crippen molar-refractivity contribution in [3.63, 3.8) is 0 Å². The highest BCUT2D eigenvalue weighted by Crippen LogP contribution is 2.44. The van der Waals surface area contributed by atoms with Crippen molar-refractivity contribution in [2.75, 3.05) is 0 Å². The lowest BCUT2D eigenvalue weighted by molar-refractivity contribution is 0.0991. The van der Waals surface area contributed by atoms with Gasteiger partial charge in [0.25, 0.3) is 5.91 Å². The largest absolute Gasteiger partial charge is 0.494 e. The highest BCUT2D eigenvalue weighted by atomic mass is 16.5. The van der Waals surface area contributed by atoms with Gasteiger partial charge in [0.1, 0.15) is 0 Å². The molecule has 1 fully saturated rings. The number of aryl methyl sites for hydroxylation is 1. The predicted molar refractivity (Wildman–Crippen MR) is 89.8 cm³/mol. The molecule has 1 atom stereocenters. The number of nitrogens with two attached hydrogens (primary N) is 1. The van der Waals surface area contributed by atoms with E-state index in [0.717, 1.165) is 21.9 Å². The van der Waals surface area contributed by atoms with Crippen molar-refractivity contribution in [2.45, 2.75) is 32.7 Å². The van der Waals surface area contributed by atoms with Gasteiger partial charge in [-0.15, -0.1) is 0 Å². The number of rotatable bonds is 4. The summed E-state index contributed by atoms with van der Waals surface area (Å²) in [4.78, 5) is 11.2. The summed E-state index contributed by atoms with van der Waals surface area (Å²) >= 11 is 0. The van der Waals surface area contributed by atoms with Gasteiger partial charge in [0.15, 0.2) is 17.3 Å². The van der Waals surface area contributed by atoms with Gasteiger partial charge in [-0.25, -0.2) is 0 Å². The summed E-state index contributed by atoms with van der Waals surface area (Å²) in [5.41, 5.74) is 7.07. The average molecular weight is 325 g/mol. The third kappa shape index (κ3) is 2.26. The molecule has 0 saturated heterocycles. The molecule has 6 nitrogen and oxygen atoms in total. The van der Waals surface area contributed by atoms with Crippen LogP contribution in [0.25, 0.3) is 22.1 Å². The number of benzene rings is 1. The molecule has 1 aromatic carbocycles. The van der Waals surface area contributed by atoms with Crippen molar-refractivity contribution in [2.24, 2.45) is 11.7 Å². The molecule has 1 saturated carbocycles. The maximum Gasteiger partial charge on any atom is 0.270 e. The number of primary amides is 1. The van der Waals surface area contributed by atoms with Gasteiger partial charge in [-0.3, -0.25) is 4.79 Å². The van der Waals surface area contributed by atoms with Crippen LogP contribution in [0.15, 0.2) is 28.9 Å². The van der Waals surface area contributed by atoms with Crippen molar-refractivity contribution < 1.29 is 14.4 Å². The molecule has 124 valence electrons. The fourth-order valence-corrected chi connectivity index (χ4v) is 3.35. The number of amides is 1. The quantitative estimate of drug-likeness (QED) is 0.769. The first-order valence-electron chi connectivity index (χ1n) is 8.06. The Morgan fingerprint density at radius 1 is 1.42 bits per heavy atom. The van der Waals surface area contributed by atoms with Crippen LogP contribution in [0.2, 0.25) is 0 Å². The number of nitrogens with zero attached hydrogens (tertiary/aromatic N) is 2. The summed E-state index contributed by atoms with van der Waals surface area (Å²) in [6, 6.07) is 5.67. The minimum atomic E-state index is -0.621. The molecular weight excluding hydrogens is 306 g/mol. The predicted octanol–water partition coefficient (Wildman–Crippen LogP) is 3.38. The van der Waals surface area contributed by atoms with Gasteiger partial charge in [0, 0.05) is 34.6 Å². The first-order valence-corrected chi connectivity index (χ1v) is 8.06. The summed E-state index contributed by atoms with van der Waals surface area (Å²) in [6.07, 6.45) is 4.41. The lowest BCUT2D eigenvalue weighted by Gasteiger charge is -2.13. The molecule has 3 N–H and O–H groups in total. The topological polar surface area (TPSA) is 94.3 Å². The molecule has 6 heteroatoms. The normalized spacial score (nSPS) is 15.8. The second-order valence-electron chi connectivity index (χ2n) is 6.64. The molecule has 0 unspecified atom stereocenters. The number of fused-ring (bicyclic) bond motifs is 1. The van der Waals surface area contributed by atoms with E-state index < -0.39 is 5.91 Å². The Balaban J connectivity index is 1.82. The van der Waals surface area contributed by atoms with E-state index in [1.165, 1.54) is 18.9 Å². The highest BCUT2D eigenvalue weighted by Gasteiger charge is 2.31.